The summed E-state index contributed by atoms with van der Waals surface area (Å²) in [6.45, 7) is 7.76. The van der Waals surface area contributed by atoms with E-state index in [4.69, 9.17) is 39.8 Å². The summed E-state index contributed by atoms with van der Waals surface area (Å²) >= 11 is 18.6. The minimum absolute atomic E-state index is 0.00886. The number of hydrogen-bond acceptors (Lipinski definition) is 3. The molecule has 1 aliphatic rings. The van der Waals surface area contributed by atoms with Gasteiger partial charge in [-0.1, -0.05) is 54.7 Å². The van der Waals surface area contributed by atoms with Crippen LogP contribution in [-0.2, 0) is 6.42 Å². The van der Waals surface area contributed by atoms with Crippen LogP contribution in [-0.4, -0.2) is 41.8 Å². The van der Waals surface area contributed by atoms with Gasteiger partial charge < -0.3 is 9.88 Å². The van der Waals surface area contributed by atoms with E-state index < -0.39 is 0 Å². The van der Waals surface area contributed by atoms with Gasteiger partial charge in [-0.25, -0.2) is 0 Å². The Morgan fingerprint density at radius 3 is 2.53 bits per heavy atom. The molecule has 0 saturated carbocycles. The Morgan fingerprint density at radius 1 is 1.03 bits per heavy atom. The van der Waals surface area contributed by atoms with Gasteiger partial charge in [-0.2, -0.15) is 0 Å². The van der Waals surface area contributed by atoms with Crippen molar-refractivity contribution in [2.75, 3.05) is 26.2 Å². The number of halogens is 3. The molecule has 1 N–H and O–H groups in total. The number of likely N-dealkylation sites (N-methyl/N-ethyl adjacent to an activating group) is 1. The SMILES string of the molecule is CCN(CC)CC/N=C1\CC(c2ccc(Cl)c(Cl)c2)Cc2[nH]c3ccc(Cl)cc3c(=O)c21. The molecule has 0 spiro atoms. The number of fused-ring (bicyclic) bond motifs is 2. The largest absolute Gasteiger partial charge is 0.358 e. The third-order valence-corrected chi connectivity index (χ3v) is 7.22. The Kier molecular flexibility index (Phi) is 7.26. The lowest BCUT2D eigenvalue weighted by molar-refractivity contribution is 0.313. The van der Waals surface area contributed by atoms with Crippen LogP contribution in [0.1, 0.15) is 43.0 Å². The highest BCUT2D eigenvalue weighted by molar-refractivity contribution is 6.42. The molecule has 1 atom stereocenters. The average molecular weight is 491 g/mol. The van der Waals surface area contributed by atoms with E-state index in [0.717, 1.165) is 42.1 Å². The van der Waals surface area contributed by atoms with Crippen molar-refractivity contribution in [3.05, 3.63) is 78.5 Å². The summed E-state index contributed by atoms with van der Waals surface area (Å²) in [5.74, 6) is 0.157. The molecule has 4 rings (SSSR count). The second-order valence-electron chi connectivity index (χ2n) is 8.13. The smallest absolute Gasteiger partial charge is 0.198 e. The van der Waals surface area contributed by atoms with Crippen molar-refractivity contribution in [2.45, 2.75) is 32.6 Å². The van der Waals surface area contributed by atoms with Gasteiger partial charge in [0.05, 0.1) is 22.2 Å². The van der Waals surface area contributed by atoms with Crippen LogP contribution in [0.4, 0.5) is 0 Å². The third-order valence-electron chi connectivity index (χ3n) is 6.25. The van der Waals surface area contributed by atoms with E-state index in [1.54, 1.807) is 12.1 Å². The molecule has 0 bridgehead atoms. The predicted molar refractivity (Wildman–Crippen MR) is 136 cm³/mol. The van der Waals surface area contributed by atoms with Crippen LogP contribution in [0.25, 0.3) is 10.9 Å². The Labute approximate surface area is 203 Å². The Morgan fingerprint density at radius 2 is 1.81 bits per heavy atom. The molecule has 0 fully saturated rings. The predicted octanol–water partition coefficient (Wildman–Crippen LogP) is 6.35. The first-order valence-corrected chi connectivity index (χ1v) is 12.1. The quantitative estimate of drug-likeness (QED) is 0.438. The zero-order valence-electron chi connectivity index (χ0n) is 18.2. The van der Waals surface area contributed by atoms with E-state index >= 15 is 0 Å². The number of rotatable bonds is 6. The summed E-state index contributed by atoms with van der Waals surface area (Å²) in [6, 6.07) is 11.2. The number of H-pyrrole nitrogens is 1. The van der Waals surface area contributed by atoms with Gasteiger partial charge in [0.25, 0.3) is 0 Å². The number of benzene rings is 2. The monoisotopic (exact) mass is 489 g/mol. The number of aliphatic imine (C=N–C) groups is 1. The summed E-state index contributed by atoms with van der Waals surface area (Å²) < 4.78 is 0. The highest BCUT2D eigenvalue weighted by atomic mass is 35.5. The van der Waals surface area contributed by atoms with Gasteiger partial charge in [-0.05, 0) is 67.7 Å². The van der Waals surface area contributed by atoms with Gasteiger partial charge in [0.2, 0.25) is 0 Å². The topological polar surface area (TPSA) is 48.5 Å². The van der Waals surface area contributed by atoms with Crippen molar-refractivity contribution in [3.63, 3.8) is 0 Å². The molecule has 0 radical (unpaired) electrons. The van der Waals surface area contributed by atoms with E-state index in [1.807, 2.05) is 24.3 Å². The van der Waals surface area contributed by atoms with Crippen molar-refractivity contribution >= 4 is 51.4 Å². The molecule has 7 heteroatoms. The number of nitrogens with zero attached hydrogens (tertiary/aromatic N) is 2. The van der Waals surface area contributed by atoms with E-state index in [1.165, 1.54) is 0 Å². The summed E-state index contributed by atoms with van der Waals surface area (Å²) in [5, 5.41) is 2.22. The molecule has 0 aliphatic heterocycles. The van der Waals surface area contributed by atoms with Crippen molar-refractivity contribution in [3.8, 4) is 0 Å². The first kappa shape index (κ1) is 23.3. The van der Waals surface area contributed by atoms with Crippen molar-refractivity contribution < 1.29 is 0 Å². The third kappa shape index (κ3) is 4.74. The number of hydrogen-bond donors (Lipinski definition) is 1. The second-order valence-corrected chi connectivity index (χ2v) is 9.38. The van der Waals surface area contributed by atoms with Crippen molar-refractivity contribution in [1.82, 2.24) is 9.88 Å². The molecule has 2 aromatic carbocycles. The second kappa shape index (κ2) is 9.96. The lowest BCUT2D eigenvalue weighted by Gasteiger charge is -2.27. The van der Waals surface area contributed by atoms with Crippen LogP contribution in [0.15, 0.2) is 46.2 Å². The standard InChI is InChI=1S/C25H26Cl3N3O/c1-3-31(4-2)10-9-29-22-12-16(15-5-7-19(27)20(28)11-15)13-23-24(22)25(32)18-14-17(26)6-8-21(18)30-23/h5-8,11,14,16H,3-4,9-10,12-13H2,1-2H3,(H,30,32)/b29-22+. The molecule has 168 valence electrons. The van der Waals surface area contributed by atoms with Gasteiger partial charge in [0.1, 0.15) is 0 Å². The fraction of sp³-hybridized carbons (Fsp3) is 0.360. The molecule has 32 heavy (non-hydrogen) atoms. The van der Waals surface area contributed by atoms with E-state index in [0.29, 0.717) is 45.4 Å². The minimum atomic E-state index is -0.00886. The zero-order valence-corrected chi connectivity index (χ0v) is 20.5. The molecule has 3 aromatic rings. The molecule has 1 heterocycles. The van der Waals surface area contributed by atoms with Crippen LogP contribution < -0.4 is 5.43 Å². The molecule has 0 saturated heterocycles. The molecular weight excluding hydrogens is 465 g/mol. The lowest BCUT2D eigenvalue weighted by Crippen LogP contribution is -2.30. The molecule has 1 aromatic heterocycles. The summed E-state index contributed by atoms with van der Waals surface area (Å²) in [5.41, 5.74) is 4.32. The van der Waals surface area contributed by atoms with E-state index in [2.05, 4.69) is 23.7 Å². The summed E-state index contributed by atoms with van der Waals surface area (Å²) in [7, 11) is 0. The fourth-order valence-electron chi connectivity index (χ4n) is 4.43. The highest BCUT2D eigenvalue weighted by Crippen LogP contribution is 2.35. The number of aromatic amines is 1. The first-order chi connectivity index (χ1) is 15.4. The minimum Gasteiger partial charge on any atom is -0.358 e. The number of pyridine rings is 1. The van der Waals surface area contributed by atoms with E-state index in [9.17, 15) is 4.79 Å². The maximum absolute atomic E-state index is 13.5. The maximum atomic E-state index is 13.5. The summed E-state index contributed by atoms with van der Waals surface area (Å²) in [4.78, 5) is 24.2. The van der Waals surface area contributed by atoms with Crippen molar-refractivity contribution in [1.29, 1.82) is 0 Å². The molecule has 0 amide bonds. The number of aromatic nitrogens is 1. The van der Waals surface area contributed by atoms with Gasteiger partial charge in [0.15, 0.2) is 5.43 Å². The van der Waals surface area contributed by atoms with Crippen LogP contribution >= 0.6 is 34.8 Å². The molecular formula is C25H26Cl3N3O. The van der Waals surface area contributed by atoms with Gasteiger partial charge >= 0.3 is 0 Å². The van der Waals surface area contributed by atoms with Crippen LogP contribution in [0.5, 0.6) is 0 Å². The Hall–Kier alpha value is -1.85. The molecule has 1 aliphatic carbocycles. The van der Waals surface area contributed by atoms with Gasteiger partial charge in [0, 0.05) is 33.9 Å². The van der Waals surface area contributed by atoms with E-state index in [-0.39, 0.29) is 11.3 Å². The number of nitrogens with one attached hydrogen (secondary N) is 1. The van der Waals surface area contributed by atoms with Crippen LogP contribution in [0.3, 0.4) is 0 Å². The van der Waals surface area contributed by atoms with Crippen molar-refractivity contribution in [2.24, 2.45) is 4.99 Å². The lowest BCUT2D eigenvalue weighted by atomic mass is 9.80. The summed E-state index contributed by atoms with van der Waals surface area (Å²) in [6.07, 6.45) is 1.38. The van der Waals surface area contributed by atoms with Gasteiger partial charge in [-0.3, -0.25) is 9.79 Å². The van der Waals surface area contributed by atoms with Crippen LogP contribution in [0, 0.1) is 0 Å². The van der Waals surface area contributed by atoms with Crippen LogP contribution in [0.2, 0.25) is 15.1 Å². The maximum Gasteiger partial charge on any atom is 0.198 e. The molecule has 4 nitrogen and oxygen atoms in total. The Balaban J connectivity index is 1.79. The average Bonchev–Trinajstić information content (AvgIpc) is 2.79. The normalized spacial score (nSPS) is 17.3. The fourth-order valence-corrected chi connectivity index (χ4v) is 4.91. The first-order valence-electron chi connectivity index (χ1n) is 11.0. The molecule has 1 unspecified atom stereocenters. The highest BCUT2D eigenvalue weighted by Gasteiger charge is 2.29. The Bertz CT molecular complexity index is 1230. The zero-order chi connectivity index (χ0) is 22.8. The van der Waals surface area contributed by atoms with Gasteiger partial charge in [-0.15, -0.1) is 0 Å².